The molecule has 0 aromatic rings. The fourth-order valence-corrected chi connectivity index (χ4v) is 2.85. The lowest BCUT2D eigenvalue weighted by Gasteiger charge is -2.60. The van der Waals surface area contributed by atoms with Gasteiger partial charge in [-0.3, -0.25) is 4.79 Å². The van der Waals surface area contributed by atoms with Crippen molar-refractivity contribution in [1.29, 1.82) is 0 Å². The Kier molecular flexibility index (Phi) is 2.82. The topological polar surface area (TPSA) is 89.3 Å². The van der Waals surface area contributed by atoms with Crippen LogP contribution in [0.15, 0.2) is 0 Å². The Balaban J connectivity index is 0.000000980. The minimum absolute atomic E-state index is 0. The lowest BCUT2D eigenvalue weighted by atomic mass is 9.47. The van der Waals surface area contributed by atoms with Crippen molar-refractivity contribution in [1.82, 2.24) is 0 Å². The third-order valence-electron chi connectivity index (χ3n) is 3.64. The van der Waals surface area contributed by atoms with Gasteiger partial charge in [0, 0.05) is 0 Å². The van der Waals surface area contributed by atoms with Gasteiger partial charge >= 0.3 is 0 Å². The molecule has 2 fully saturated rings. The van der Waals surface area contributed by atoms with E-state index in [1.165, 1.54) is 19.3 Å². The quantitative estimate of drug-likeness (QED) is 0.608. The normalized spacial score (nSPS) is 28.1. The van der Waals surface area contributed by atoms with E-state index in [1.54, 1.807) is 0 Å². The van der Waals surface area contributed by atoms with Crippen molar-refractivity contribution in [2.75, 3.05) is 0 Å². The zero-order chi connectivity index (χ0) is 9.69. The monoisotopic (exact) mass is 220 g/mol. The number of carbonyl (C=O) groups excluding carboxylic acids is 1. The summed E-state index contributed by atoms with van der Waals surface area (Å²) < 4.78 is 0. The molecular formula is C9H17ClN2O2. The van der Waals surface area contributed by atoms with Gasteiger partial charge in [0.15, 0.2) is 0 Å². The molecule has 82 valence electrons. The van der Waals surface area contributed by atoms with Crippen molar-refractivity contribution < 1.29 is 9.90 Å². The van der Waals surface area contributed by atoms with Crippen LogP contribution >= 0.6 is 12.4 Å². The number of rotatable bonds is 2. The first-order valence-electron chi connectivity index (χ1n) is 4.74. The third kappa shape index (κ3) is 1.51. The van der Waals surface area contributed by atoms with E-state index in [-0.39, 0.29) is 12.4 Å². The van der Waals surface area contributed by atoms with Gasteiger partial charge in [-0.15, -0.1) is 12.4 Å². The molecule has 0 radical (unpaired) electrons. The Labute approximate surface area is 89.4 Å². The number of aliphatic hydroxyl groups is 1. The van der Waals surface area contributed by atoms with Gasteiger partial charge in [-0.05, 0) is 31.1 Å². The van der Waals surface area contributed by atoms with Crippen LogP contribution in [0.2, 0.25) is 0 Å². The third-order valence-corrected chi connectivity index (χ3v) is 3.64. The van der Waals surface area contributed by atoms with E-state index in [2.05, 4.69) is 0 Å². The maximum atomic E-state index is 10.7. The van der Waals surface area contributed by atoms with Crippen LogP contribution in [0.3, 0.4) is 0 Å². The average Bonchev–Trinajstić information content (AvgIpc) is 1.93. The number of hydrogen-bond acceptors (Lipinski definition) is 3. The molecule has 1 amide bonds. The van der Waals surface area contributed by atoms with E-state index in [0.717, 1.165) is 12.8 Å². The van der Waals surface area contributed by atoms with Crippen LogP contribution in [0.4, 0.5) is 0 Å². The van der Waals surface area contributed by atoms with Crippen LogP contribution in [-0.4, -0.2) is 22.7 Å². The van der Waals surface area contributed by atoms with Gasteiger partial charge in [-0.2, -0.15) is 0 Å². The molecule has 4 nitrogen and oxygen atoms in total. The predicted molar refractivity (Wildman–Crippen MR) is 54.9 cm³/mol. The smallest absolute Gasteiger partial charge is 0.248 e. The molecule has 5 heteroatoms. The average molecular weight is 221 g/mol. The number of hydrogen-bond donors (Lipinski definition) is 3. The van der Waals surface area contributed by atoms with Crippen molar-refractivity contribution in [3.8, 4) is 0 Å². The maximum Gasteiger partial charge on any atom is 0.248 e. The highest BCUT2D eigenvalue weighted by molar-refractivity contribution is 5.85. The molecule has 0 heterocycles. The largest absolute Gasteiger partial charge is 0.381 e. The molecule has 0 aliphatic heterocycles. The van der Waals surface area contributed by atoms with Crippen LogP contribution in [0.1, 0.15) is 32.1 Å². The predicted octanol–water partition coefficient (Wildman–Crippen LogP) is -0.0840. The maximum absolute atomic E-state index is 10.7. The summed E-state index contributed by atoms with van der Waals surface area (Å²) in [6.07, 6.45) is 3.98. The summed E-state index contributed by atoms with van der Waals surface area (Å²) in [5, 5.41) is 9.46. The standard InChI is InChI=1S/C9H16N2O2.ClH/c10-7(13)6(12)9(11)4-8(5-9)2-1-3-8;/h6,12H,1-5,11H2,(H2,10,13);1H. The Morgan fingerprint density at radius 2 is 1.86 bits per heavy atom. The molecule has 14 heavy (non-hydrogen) atoms. The van der Waals surface area contributed by atoms with E-state index in [9.17, 15) is 9.90 Å². The highest BCUT2D eigenvalue weighted by atomic mass is 35.5. The van der Waals surface area contributed by atoms with Crippen molar-refractivity contribution in [3.05, 3.63) is 0 Å². The van der Waals surface area contributed by atoms with Crippen molar-refractivity contribution in [2.24, 2.45) is 16.9 Å². The number of nitrogens with two attached hydrogens (primary N) is 2. The van der Waals surface area contributed by atoms with Crippen LogP contribution in [0.25, 0.3) is 0 Å². The minimum Gasteiger partial charge on any atom is -0.381 e. The van der Waals surface area contributed by atoms with E-state index < -0.39 is 17.6 Å². The minimum atomic E-state index is -1.17. The lowest BCUT2D eigenvalue weighted by Crippen LogP contribution is -2.68. The summed E-state index contributed by atoms with van der Waals surface area (Å²) >= 11 is 0. The molecular weight excluding hydrogens is 204 g/mol. The summed E-state index contributed by atoms with van der Waals surface area (Å²) in [4.78, 5) is 10.7. The number of carbonyl (C=O) groups is 1. The molecule has 0 aromatic carbocycles. The fraction of sp³-hybridized carbons (Fsp3) is 0.889. The molecule has 2 aliphatic carbocycles. The molecule has 1 unspecified atom stereocenters. The van der Waals surface area contributed by atoms with Gasteiger partial charge < -0.3 is 16.6 Å². The Bertz CT molecular complexity index is 245. The first-order valence-corrected chi connectivity index (χ1v) is 4.74. The van der Waals surface area contributed by atoms with Gasteiger partial charge in [-0.1, -0.05) is 6.42 Å². The fourth-order valence-electron chi connectivity index (χ4n) is 2.85. The molecule has 2 saturated carbocycles. The molecule has 0 bridgehead atoms. The molecule has 0 aromatic heterocycles. The molecule has 2 rings (SSSR count). The van der Waals surface area contributed by atoms with E-state index in [4.69, 9.17) is 11.5 Å². The van der Waals surface area contributed by atoms with Crippen molar-refractivity contribution in [3.63, 3.8) is 0 Å². The Hall–Kier alpha value is -0.320. The lowest BCUT2D eigenvalue weighted by molar-refractivity contribution is -0.143. The number of aliphatic hydroxyl groups excluding tert-OH is 1. The first-order chi connectivity index (χ1) is 5.98. The second-order valence-electron chi connectivity index (χ2n) is 4.75. The van der Waals surface area contributed by atoms with Crippen LogP contribution < -0.4 is 11.5 Å². The van der Waals surface area contributed by atoms with Crippen LogP contribution in [0, 0.1) is 5.41 Å². The van der Waals surface area contributed by atoms with E-state index >= 15 is 0 Å². The van der Waals surface area contributed by atoms with Crippen LogP contribution in [-0.2, 0) is 4.79 Å². The van der Waals surface area contributed by atoms with Gasteiger partial charge in [0.1, 0.15) is 6.10 Å². The molecule has 2 aliphatic rings. The summed E-state index contributed by atoms with van der Waals surface area (Å²) in [6.45, 7) is 0. The first kappa shape index (κ1) is 11.8. The molecule has 5 N–H and O–H groups in total. The van der Waals surface area contributed by atoms with Crippen LogP contribution in [0.5, 0.6) is 0 Å². The molecule has 0 saturated heterocycles. The highest BCUT2D eigenvalue weighted by Gasteiger charge is 2.59. The van der Waals surface area contributed by atoms with Gasteiger partial charge in [0.2, 0.25) is 5.91 Å². The van der Waals surface area contributed by atoms with Gasteiger partial charge in [0.25, 0.3) is 0 Å². The van der Waals surface area contributed by atoms with Gasteiger partial charge in [0.05, 0.1) is 5.54 Å². The second-order valence-corrected chi connectivity index (χ2v) is 4.75. The van der Waals surface area contributed by atoms with E-state index in [1.807, 2.05) is 0 Å². The summed E-state index contributed by atoms with van der Waals surface area (Å²) in [7, 11) is 0. The second kappa shape index (κ2) is 3.36. The number of amides is 1. The molecule has 1 atom stereocenters. The SMILES string of the molecule is Cl.NC(=O)C(O)C1(N)CC2(CCC2)C1. The zero-order valence-corrected chi connectivity index (χ0v) is 8.85. The van der Waals surface area contributed by atoms with E-state index in [0.29, 0.717) is 5.41 Å². The Morgan fingerprint density at radius 3 is 2.14 bits per heavy atom. The number of halogens is 1. The van der Waals surface area contributed by atoms with Crippen molar-refractivity contribution in [2.45, 2.75) is 43.7 Å². The van der Waals surface area contributed by atoms with Crippen molar-refractivity contribution >= 4 is 18.3 Å². The number of primary amides is 1. The summed E-state index contributed by atoms with van der Waals surface area (Å²) in [6, 6.07) is 0. The Morgan fingerprint density at radius 1 is 1.36 bits per heavy atom. The van der Waals surface area contributed by atoms with Gasteiger partial charge in [-0.25, -0.2) is 0 Å². The summed E-state index contributed by atoms with van der Waals surface area (Å²) in [5.74, 6) is -0.698. The molecule has 1 spiro atoms. The highest BCUT2D eigenvalue weighted by Crippen LogP contribution is 2.60. The summed E-state index contributed by atoms with van der Waals surface area (Å²) in [5.41, 5.74) is 10.5. The zero-order valence-electron chi connectivity index (χ0n) is 8.03.